The largest absolute Gasteiger partial charge is 0.339 e. The Morgan fingerprint density at radius 2 is 1.55 bits per heavy atom. The summed E-state index contributed by atoms with van der Waals surface area (Å²) < 4.78 is 24.3. The van der Waals surface area contributed by atoms with Crippen molar-refractivity contribution < 1.29 is 18.4 Å². The van der Waals surface area contributed by atoms with E-state index in [1.54, 1.807) is 27.7 Å². The molecule has 0 saturated heterocycles. The number of benzene rings is 1. The molecule has 0 amide bonds. The van der Waals surface area contributed by atoms with Crippen LogP contribution in [0.25, 0.3) is 0 Å². The summed E-state index contributed by atoms with van der Waals surface area (Å²) in [5.41, 5.74) is 0.232. The molecule has 0 aliphatic rings. The molecule has 0 spiro atoms. The van der Waals surface area contributed by atoms with Crippen LogP contribution in [0, 0.1) is 0 Å². The van der Waals surface area contributed by atoms with E-state index in [0.717, 1.165) is 11.8 Å². The monoisotopic (exact) mass is 298 g/mol. The van der Waals surface area contributed by atoms with E-state index in [2.05, 4.69) is 0 Å². The fourth-order valence-corrected chi connectivity index (χ4v) is 4.37. The van der Waals surface area contributed by atoms with Crippen LogP contribution in [-0.2, 0) is 18.4 Å². The van der Waals surface area contributed by atoms with Gasteiger partial charge in [0.1, 0.15) is 6.29 Å². The molecule has 0 aliphatic carbocycles. The van der Waals surface area contributed by atoms with E-state index >= 15 is 0 Å². The first-order chi connectivity index (χ1) is 9.39. The molecule has 0 fully saturated rings. The van der Waals surface area contributed by atoms with E-state index in [1.807, 2.05) is 30.3 Å². The van der Waals surface area contributed by atoms with E-state index in [1.165, 1.54) is 0 Å². The fourth-order valence-electron chi connectivity index (χ4n) is 1.97. The standard InChI is InChI=1S/C15H23O4P/c1-12(2)18-20(17,19-13(3)4)15(10-11-16)14-8-6-5-7-9-14/h5-9,11-13,15H,10H2,1-4H3. The molecular formula is C15H23O4P. The predicted molar refractivity (Wildman–Crippen MR) is 79.9 cm³/mol. The molecule has 112 valence electrons. The molecule has 1 rings (SSSR count). The lowest BCUT2D eigenvalue weighted by Gasteiger charge is -2.29. The zero-order valence-corrected chi connectivity index (χ0v) is 13.4. The lowest BCUT2D eigenvalue weighted by molar-refractivity contribution is -0.108. The smallest absolute Gasteiger partial charge is 0.305 e. The van der Waals surface area contributed by atoms with Crippen LogP contribution in [0.15, 0.2) is 30.3 Å². The maximum atomic E-state index is 13.1. The summed E-state index contributed by atoms with van der Waals surface area (Å²) >= 11 is 0. The number of aldehydes is 1. The molecule has 0 aromatic heterocycles. The summed E-state index contributed by atoms with van der Waals surface area (Å²) in [6.45, 7) is 7.22. The summed E-state index contributed by atoms with van der Waals surface area (Å²) in [5.74, 6) is 0. The van der Waals surface area contributed by atoms with Gasteiger partial charge in [0.05, 0.1) is 17.9 Å². The van der Waals surface area contributed by atoms with E-state index in [0.29, 0.717) is 0 Å². The number of rotatable bonds is 8. The van der Waals surface area contributed by atoms with Crippen molar-refractivity contribution >= 4 is 13.9 Å². The topological polar surface area (TPSA) is 52.6 Å². The molecule has 0 heterocycles. The first kappa shape index (κ1) is 17.1. The molecule has 0 aliphatic heterocycles. The van der Waals surface area contributed by atoms with Crippen molar-refractivity contribution in [3.63, 3.8) is 0 Å². The van der Waals surface area contributed by atoms with Gasteiger partial charge in [-0.05, 0) is 33.3 Å². The summed E-state index contributed by atoms with van der Waals surface area (Å²) in [5, 5.41) is 0. The summed E-state index contributed by atoms with van der Waals surface area (Å²) in [6.07, 6.45) is 0.396. The van der Waals surface area contributed by atoms with E-state index < -0.39 is 13.3 Å². The highest BCUT2D eigenvalue weighted by Gasteiger charge is 2.38. The lowest BCUT2D eigenvalue weighted by Crippen LogP contribution is -2.14. The summed E-state index contributed by atoms with van der Waals surface area (Å²) in [7, 11) is -3.41. The fraction of sp³-hybridized carbons (Fsp3) is 0.533. The van der Waals surface area contributed by atoms with Crippen LogP contribution in [0.4, 0.5) is 0 Å². The Bertz CT molecular complexity index is 442. The van der Waals surface area contributed by atoms with Gasteiger partial charge in [-0.3, -0.25) is 4.57 Å². The molecule has 20 heavy (non-hydrogen) atoms. The van der Waals surface area contributed by atoms with Gasteiger partial charge in [-0.15, -0.1) is 0 Å². The molecular weight excluding hydrogens is 275 g/mol. The highest BCUT2D eigenvalue weighted by molar-refractivity contribution is 7.54. The minimum Gasteiger partial charge on any atom is -0.305 e. The zero-order chi connectivity index (χ0) is 15.2. The average molecular weight is 298 g/mol. The van der Waals surface area contributed by atoms with Gasteiger partial charge in [0.25, 0.3) is 0 Å². The molecule has 0 bridgehead atoms. The molecule has 5 heteroatoms. The van der Waals surface area contributed by atoms with Crippen LogP contribution in [-0.4, -0.2) is 18.5 Å². The number of carbonyl (C=O) groups is 1. The third-order valence-corrected chi connectivity index (χ3v) is 5.30. The number of carbonyl (C=O) groups excluding carboxylic acids is 1. The van der Waals surface area contributed by atoms with Gasteiger partial charge in [0.15, 0.2) is 0 Å². The van der Waals surface area contributed by atoms with Crippen LogP contribution in [0.3, 0.4) is 0 Å². The maximum absolute atomic E-state index is 13.1. The van der Waals surface area contributed by atoms with Crippen LogP contribution in [0.1, 0.15) is 45.3 Å². The molecule has 4 nitrogen and oxygen atoms in total. The Morgan fingerprint density at radius 3 is 1.95 bits per heavy atom. The average Bonchev–Trinajstić information content (AvgIpc) is 2.34. The highest BCUT2D eigenvalue weighted by atomic mass is 31.2. The highest BCUT2D eigenvalue weighted by Crippen LogP contribution is 2.63. The van der Waals surface area contributed by atoms with E-state index in [9.17, 15) is 9.36 Å². The SMILES string of the molecule is CC(C)OP(=O)(OC(C)C)C(CC=O)c1ccccc1. The predicted octanol–water partition coefficient (Wildman–Crippen LogP) is 4.36. The Hall–Kier alpha value is -0.960. The second-order valence-corrected chi connectivity index (χ2v) is 7.30. The van der Waals surface area contributed by atoms with Crippen molar-refractivity contribution in [1.29, 1.82) is 0 Å². The Kier molecular flexibility index (Phi) is 6.60. The molecule has 0 radical (unpaired) electrons. The van der Waals surface area contributed by atoms with Crippen molar-refractivity contribution in [3.05, 3.63) is 35.9 Å². The van der Waals surface area contributed by atoms with Crippen LogP contribution in [0.2, 0.25) is 0 Å². The summed E-state index contributed by atoms with van der Waals surface area (Å²) in [6, 6.07) is 9.26. The van der Waals surface area contributed by atoms with Crippen molar-refractivity contribution in [2.45, 2.75) is 52.0 Å². The van der Waals surface area contributed by atoms with Crippen LogP contribution >= 0.6 is 7.60 Å². The van der Waals surface area contributed by atoms with Gasteiger partial charge < -0.3 is 13.8 Å². The summed E-state index contributed by atoms with van der Waals surface area (Å²) in [4.78, 5) is 11.0. The van der Waals surface area contributed by atoms with Crippen molar-refractivity contribution in [3.8, 4) is 0 Å². The van der Waals surface area contributed by atoms with Crippen molar-refractivity contribution in [1.82, 2.24) is 0 Å². The molecule has 1 unspecified atom stereocenters. The first-order valence-electron chi connectivity index (χ1n) is 6.84. The molecule has 0 N–H and O–H groups in total. The van der Waals surface area contributed by atoms with Gasteiger partial charge in [-0.1, -0.05) is 30.3 Å². The van der Waals surface area contributed by atoms with E-state index in [-0.39, 0.29) is 18.6 Å². The van der Waals surface area contributed by atoms with Gasteiger partial charge >= 0.3 is 7.60 Å². The first-order valence-corrected chi connectivity index (χ1v) is 8.45. The zero-order valence-electron chi connectivity index (χ0n) is 12.5. The maximum Gasteiger partial charge on any atom is 0.339 e. The van der Waals surface area contributed by atoms with Crippen molar-refractivity contribution in [2.75, 3.05) is 0 Å². The minimum atomic E-state index is -3.41. The van der Waals surface area contributed by atoms with Gasteiger partial charge in [-0.2, -0.15) is 0 Å². The third kappa shape index (κ3) is 4.86. The third-order valence-electron chi connectivity index (χ3n) is 2.60. The molecule has 1 atom stereocenters. The van der Waals surface area contributed by atoms with E-state index in [4.69, 9.17) is 9.05 Å². The van der Waals surface area contributed by atoms with Gasteiger partial charge in [-0.25, -0.2) is 0 Å². The van der Waals surface area contributed by atoms with Gasteiger partial charge in [0, 0.05) is 6.42 Å². The molecule has 1 aromatic rings. The quantitative estimate of drug-likeness (QED) is 0.528. The Balaban J connectivity index is 3.17. The normalized spacial score (nSPS) is 13.7. The Labute approximate surface area is 121 Å². The number of hydrogen-bond donors (Lipinski definition) is 0. The molecule has 0 saturated carbocycles. The van der Waals surface area contributed by atoms with Crippen LogP contribution in [0.5, 0.6) is 0 Å². The van der Waals surface area contributed by atoms with Crippen LogP contribution < -0.4 is 0 Å². The Morgan fingerprint density at radius 1 is 1.05 bits per heavy atom. The lowest BCUT2D eigenvalue weighted by atomic mass is 10.1. The second-order valence-electron chi connectivity index (χ2n) is 5.18. The second kappa shape index (κ2) is 7.72. The molecule has 1 aromatic carbocycles. The number of hydrogen-bond acceptors (Lipinski definition) is 4. The van der Waals surface area contributed by atoms with Gasteiger partial charge in [0.2, 0.25) is 0 Å². The minimum absolute atomic E-state index is 0.112. The van der Waals surface area contributed by atoms with Crippen molar-refractivity contribution in [2.24, 2.45) is 0 Å².